The van der Waals surface area contributed by atoms with Crippen molar-refractivity contribution in [3.63, 3.8) is 0 Å². The molecule has 0 saturated carbocycles. The van der Waals surface area contributed by atoms with Crippen molar-refractivity contribution >= 4 is 23.5 Å². The van der Waals surface area contributed by atoms with Crippen molar-refractivity contribution in [2.75, 3.05) is 24.6 Å². The molecule has 1 aliphatic rings. The Hall–Kier alpha value is -2.07. The standard InChI is InChI=1S/C20H21NO2S/c1-15(20(23)21-10-12-24-13-11-21)17-8-5-9-18(14-17)19(22)16-6-3-2-4-7-16/h2-9,14-15H,10-13H2,1H3. The Morgan fingerprint density at radius 2 is 1.62 bits per heavy atom. The summed E-state index contributed by atoms with van der Waals surface area (Å²) < 4.78 is 0. The number of rotatable bonds is 4. The fraction of sp³-hybridized carbons (Fsp3) is 0.300. The van der Waals surface area contributed by atoms with Gasteiger partial charge in [-0.2, -0.15) is 11.8 Å². The molecule has 0 aliphatic carbocycles. The van der Waals surface area contributed by atoms with Gasteiger partial charge in [0.15, 0.2) is 5.78 Å². The van der Waals surface area contributed by atoms with Crippen molar-refractivity contribution < 1.29 is 9.59 Å². The van der Waals surface area contributed by atoms with E-state index < -0.39 is 0 Å². The lowest BCUT2D eigenvalue weighted by atomic mass is 9.95. The average Bonchev–Trinajstić information content (AvgIpc) is 2.67. The minimum absolute atomic E-state index is 0.00790. The average molecular weight is 339 g/mol. The minimum Gasteiger partial charge on any atom is -0.341 e. The van der Waals surface area contributed by atoms with Gasteiger partial charge in [0, 0.05) is 35.7 Å². The number of hydrogen-bond acceptors (Lipinski definition) is 3. The summed E-state index contributed by atoms with van der Waals surface area (Å²) in [5.74, 6) is 1.93. The van der Waals surface area contributed by atoms with E-state index in [4.69, 9.17) is 0 Å². The number of hydrogen-bond donors (Lipinski definition) is 0. The van der Waals surface area contributed by atoms with Gasteiger partial charge in [0.25, 0.3) is 0 Å². The van der Waals surface area contributed by atoms with Gasteiger partial charge < -0.3 is 4.90 Å². The number of amides is 1. The van der Waals surface area contributed by atoms with Crippen LogP contribution in [0.3, 0.4) is 0 Å². The lowest BCUT2D eigenvalue weighted by Crippen LogP contribution is -2.40. The van der Waals surface area contributed by atoms with Crippen molar-refractivity contribution in [1.82, 2.24) is 4.90 Å². The molecule has 1 unspecified atom stereocenters. The van der Waals surface area contributed by atoms with Crippen LogP contribution in [0.4, 0.5) is 0 Å². The molecular formula is C20H21NO2S. The van der Waals surface area contributed by atoms with Gasteiger partial charge in [-0.1, -0.05) is 48.5 Å². The first-order valence-electron chi connectivity index (χ1n) is 8.23. The summed E-state index contributed by atoms with van der Waals surface area (Å²) in [6, 6.07) is 16.7. The quantitative estimate of drug-likeness (QED) is 0.799. The third kappa shape index (κ3) is 3.70. The highest BCUT2D eigenvalue weighted by Crippen LogP contribution is 2.22. The van der Waals surface area contributed by atoms with Gasteiger partial charge in [-0.15, -0.1) is 0 Å². The van der Waals surface area contributed by atoms with Gasteiger partial charge in [0.05, 0.1) is 5.92 Å². The highest BCUT2D eigenvalue weighted by atomic mass is 32.2. The predicted octanol–water partition coefficient (Wildman–Crippen LogP) is 3.60. The summed E-state index contributed by atoms with van der Waals surface area (Å²) in [6.07, 6.45) is 0. The summed E-state index contributed by atoms with van der Waals surface area (Å²) in [7, 11) is 0. The molecule has 4 heteroatoms. The second kappa shape index (κ2) is 7.67. The van der Waals surface area contributed by atoms with Crippen molar-refractivity contribution in [3.8, 4) is 0 Å². The zero-order valence-corrected chi connectivity index (χ0v) is 14.6. The van der Waals surface area contributed by atoms with E-state index in [2.05, 4.69) is 0 Å². The Morgan fingerprint density at radius 1 is 0.958 bits per heavy atom. The lowest BCUT2D eigenvalue weighted by Gasteiger charge is -2.29. The molecular weight excluding hydrogens is 318 g/mol. The molecule has 1 saturated heterocycles. The smallest absolute Gasteiger partial charge is 0.229 e. The Bertz CT molecular complexity index is 723. The third-order valence-corrected chi connectivity index (χ3v) is 5.32. The van der Waals surface area contributed by atoms with Crippen LogP contribution in [0.5, 0.6) is 0 Å². The molecule has 1 atom stereocenters. The third-order valence-electron chi connectivity index (χ3n) is 4.38. The summed E-state index contributed by atoms with van der Waals surface area (Å²) in [6.45, 7) is 3.56. The van der Waals surface area contributed by atoms with Crippen molar-refractivity contribution in [2.45, 2.75) is 12.8 Å². The number of ketones is 1. The Kier molecular flexibility index (Phi) is 5.36. The van der Waals surface area contributed by atoms with E-state index in [1.54, 1.807) is 0 Å². The molecule has 0 spiro atoms. The summed E-state index contributed by atoms with van der Waals surface area (Å²) in [5, 5.41) is 0. The fourth-order valence-corrected chi connectivity index (χ4v) is 3.81. The number of carbonyl (C=O) groups is 2. The topological polar surface area (TPSA) is 37.4 Å². The monoisotopic (exact) mass is 339 g/mol. The van der Waals surface area contributed by atoms with Crippen molar-refractivity contribution in [3.05, 3.63) is 71.3 Å². The number of carbonyl (C=O) groups excluding carboxylic acids is 2. The lowest BCUT2D eigenvalue weighted by molar-refractivity contribution is -0.132. The fourth-order valence-electron chi connectivity index (χ4n) is 2.91. The highest BCUT2D eigenvalue weighted by molar-refractivity contribution is 7.99. The van der Waals surface area contributed by atoms with Crippen LogP contribution in [0, 0.1) is 0 Å². The van der Waals surface area contributed by atoms with E-state index in [-0.39, 0.29) is 17.6 Å². The van der Waals surface area contributed by atoms with Crippen molar-refractivity contribution in [1.29, 1.82) is 0 Å². The first-order valence-corrected chi connectivity index (χ1v) is 9.38. The van der Waals surface area contributed by atoms with E-state index in [1.807, 2.05) is 78.2 Å². The summed E-state index contributed by atoms with van der Waals surface area (Å²) >= 11 is 1.89. The molecule has 3 rings (SSSR count). The van der Waals surface area contributed by atoms with Crippen LogP contribution in [-0.2, 0) is 4.79 Å². The summed E-state index contributed by atoms with van der Waals surface area (Å²) in [4.78, 5) is 27.2. The molecule has 24 heavy (non-hydrogen) atoms. The van der Waals surface area contributed by atoms with Crippen LogP contribution < -0.4 is 0 Å². The van der Waals surface area contributed by atoms with Gasteiger partial charge in [-0.25, -0.2) is 0 Å². The van der Waals surface area contributed by atoms with Gasteiger partial charge in [0.2, 0.25) is 5.91 Å². The first kappa shape index (κ1) is 16.8. The van der Waals surface area contributed by atoms with E-state index in [9.17, 15) is 9.59 Å². The van der Waals surface area contributed by atoms with Crippen molar-refractivity contribution in [2.24, 2.45) is 0 Å². The number of benzene rings is 2. The first-order chi connectivity index (χ1) is 11.7. The molecule has 0 bridgehead atoms. The molecule has 2 aromatic rings. The van der Waals surface area contributed by atoms with Crippen LogP contribution in [0.1, 0.15) is 34.3 Å². The Morgan fingerprint density at radius 3 is 2.33 bits per heavy atom. The minimum atomic E-state index is -0.225. The molecule has 1 heterocycles. The summed E-state index contributed by atoms with van der Waals surface area (Å²) in [5.41, 5.74) is 2.20. The van der Waals surface area contributed by atoms with Gasteiger partial charge in [-0.3, -0.25) is 9.59 Å². The van der Waals surface area contributed by atoms with Gasteiger partial charge in [-0.05, 0) is 18.6 Å². The number of thioether (sulfide) groups is 1. The zero-order valence-electron chi connectivity index (χ0n) is 13.8. The van der Waals surface area contributed by atoms with Crippen LogP contribution in [0.25, 0.3) is 0 Å². The molecule has 1 aliphatic heterocycles. The maximum absolute atomic E-state index is 12.7. The molecule has 0 aromatic heterocycles. The maximum atomic E-state index is 12.7. The molecule has 1 fully saturated rings. The Labute approximate surface area is 147 Å². The molecule has 2 aromatic carbocycles. The zero-order chi connectivity index (χ0) is 16.9. The van der Waals surface area contributed by atoms with E-state index in [0.29, 0.717) is 11.1 Å². The van der Waals surface area contributed by atoms with E-state index in [0.717, 1.165) is 30.2 Å². The highest BCUT2D eigenvalue weighted by Gasteiger charge is 2.24. The van der Waals surface area contributed by atoms with Gasteiger partial charge >= 0.3 is 0 Å². The predicted molar refractivity (Wildman–Crippen MR) is 98.6 cm³/mol. The molecule has 1 amide bonds. The van der Waals surface area contributed by atoms with Gasteiger partial charge in [0.1, 0.15) is 0 Å². The van der Waals surface area contributed by atoms with Crippen LogP contribution >= 0.6 is 11.8 Å². The van der Waals surface area contributed by atoms with Crippen LogP contribution in [0.2, 0.25) is 0 Å². The molecule has 3 nitrogen and oxygen atoms in total. The normalized spacial score (nSPS) is 15.8. The second-order valence-electron chi connectivity index (χ2n) is 5.98. The Balaban J connectivity index is 1.79. The SMILES string of the molecule is CC(C(=O)N1CCSCC1)c1cccc(C(=O)c2ccccc2)c1. The second-order valence-corrected chi connectivity index (χ2v) is 7.20. The molecule has 0 radical (unpaired) electrons. The molecule has 124 valence electrons. The maximum Gasteiger partial charge on any atom is 0.229 e. The van der Waals surface area contributed by atoms with E-state index in [1.165, 1.54) is 0 Å². The van der Waals surface area contributed by atoms with E-state index >= 15 is 0 Å². The number of nitrogens with zero attached hydrogens (tertiary/aromatic N) is 1. The van der Waals surface area contributed by atoms with Crippen LogP contribution in [-0.4, -0.2) is 41.2 Å². The largest absolute Gasteiger partial charge is 0.341 e. The molecule has 0 N–H and O–H groups in total. The van der Waals surface area contributed by atoms with Crippen LogP contribution in [0.15, 0.2) is 54.6 Å².